The van der Waals surface area contributed by atoms with E-state index in [0.717, 1.165) is 27.4 Å². The molecule has 6 heteroatoms. The Balaban J connectivity index is 1.36. The molecule has 0 aliphatic carbocycles. The molecule has 5 nitrogen and oxygen atoms in total. The van der Waals surface area contributed by atoms with Gasteiger partial charge in [0.2, 0.25) is 11.8 Å². The summed E-state index contributed by atoms with van der Waals surface area (Å²) in [6.45, 7) is 0. The summed E-state index contributed by atoms with van der Waals surface area (Å²) in [5, 5.41) is 10.7. The fourth-order valence-electron chi connectivity index (χ4n) is 3.52. The minimum atomic E-state index is -0.0183. The van der Waals surface area contributed by atoms with Gasteiger partial charge in [0.1, 0.15) is 0 Å². The lowest BCUT2D eigenvalue weighted by atomic mass is 10.2. The van der Waals surface area contributed by atoms with Crippen LogP contribution >= 0.6 is 11.8 Å². The topological polar surface area (TPSA) is 60.9 Å². The molecule has 0 fully saturated rings. The first kappa shape index (κ1) is 17.7. The number of benzene rings is 3. The van der Waals surface area contributed by atoms with Crippen molar-refractivity contribution in [2.75, 3.05) is 5.75 Å². The van der Waals surface area contributed by atoms with Gasteiger partial charge < -0.3 is 4.42 Å². The number of fused-ring (bicyclic) bond motifs is 3. The first-order valence-electron chi connectivity index (χ1n) is 9.30. The summed E-state index contributed by atoms with van der Waals surface area (Å²) in [6, 6.07) is 25.9. The highest BCUT2D eigenvalue weighted by molar-refractivity contribution is 7.99. The zero-order valence-electron chi connectivity index (χ0n) is 15.5. The van der Waals surface area contributed by atoms with Gasteiger partial charge in [-0.15, -0.1) is 10.2 Å². The van der Waals surface area contributed by atoms with Crippen LogP contribution in [0.5, 0.6) is 0 Å². The molecular weight excluding hydrogens is 382 g/mol. The van der Waals surface area contributed by atoms with Gasteiger partial charge in [0.25, 0.3) is 5.22 Å². The van der Waals surface area contributed by atoms with E-state index in [9.17, 15) is 4.79 Å². The number of para-hydroxylation sites is 2. The number of thioether (sulfide) groups is 1. The lowest BCUT2D eigenvalue weighted by molar-refractivity contribution is 0.0951. The van der Waals surface area contributed by atoms with Crippen LogP contribution in [0.25, 0.3) is 21.8 Å². The van der Waals surface area contributed by atoms with Crippen molar-refractivity contribution in [1.82, 2.24) is 14.8 Å². The zero-order chi connectivity index (χ0) is 19.6. The average Bonchev–Trinajstić information content (AvgIpc) is 3.35. The molecular formula is C23H17N3O2S. The molecule has 5 aromatic rings. The summed E-state index contributed by atoms with van der Waals surface area (Å²) in [7, 11) is 0. The van der Waals surface area contributed by atoms with Gasteiger partial charge in [-0.1, -0.05) is 78.5 Å². The fourth-order valence-corrected chi connectivity index (χ4v) is 4.15. The van der Waals surface area contributed by atoms with Crippen LogP contribution in [-0.4, -0.2) is 26.4 Å². The third-order valence-corrected chi connectivity index (χ3v) is 5.60. The van der Waals surface area contributed by atoms with Crippen molar-refractivity contribution in [1.29, 1.82) is 0 Å². The molecule has 0 aliphatic rings. The fraction of sp³-hybridized carbons (Fsp3) is 0.0870. The van der Waals surface area contributed by atoms with E-state index in [1.807, 2.05) is 78.9 Å². The number of hydrogen-bond donors (Lipinski definition) is 0. The monoisotopic (exact) mass is 399 g/mol. The normalized spacial score (nSPS) is 11.3. The molecule has 0 amide bonds. The number of rotatable bonds is 5. The van der Waals surface area contributed by atoms with E-state index < -0.39 is 0 Å². The van der Waals surface area contributed by atoms with Crippen molar-refractivity contribution in [2.45, 2.75) is 11.6 Å². The molecule has 0 bridgehead atoms. The van der Waals surface area contributed by atoms with Gasteiger partial charge in [-0.3, -0.25) is 9.36 Å². The van der Waals surface area contributed by atoms with E-state index in [1.54, 1.807) is 4.57 Å². The Morgan fingerprint density at radius 3 is 2.14 bits per heavy atom. The minimum absolute atomic E-state index is 0.0183. The Morgan fingerprint density at radius 2 is 1.45 bits per heavy atom. The number of carbonyl (C=O) groups excluding carboxylic acids is 1. The second-order valence-electron chi connectivity index (χ2n) is 6.68. The van der Waals surface area contributed by atoms with Gasteiger partial charge in [-0.25, -0.2) is 0 Å². The molecule has 29 heavy (non-hydrogen) atoms. The highest BCUT2D eigenvalue weighted by atomic mass is 32.2. The summed E-state index contributed by atoms with van der Waals surface area (Å²) in [6.07, 6.45) is 0.579. The van der Waals surface area contributed by atoms with Crippen molar-refractivity contribution < 1.29 is 9.21 Å². The molecule has 0 saturated carbocycles. The van der Waals surface area contributed by atoms with Gasteiger partial charge in [0, 0.05) is 10.8 Å². The Morgan fingerprint density at radius 1 is 0.828 bits per heavy atom. The van der Waals surface area contributed by atoms with Gasteiger partial charge in [0.05, 0.1) is 23.2 Å². The van der Waals surface area contributed by atoms with E-state index in [2.05, 4.69) is 10.2 Å². The maximum atomic E-state index is 13.1. The van der Waals surface area contributed by atoms with Gasteiger partial charge in [-0.05, 0) is 17.7 Å². The number of nitrogens with zero attached hydrogens (tertiary/aromatic N) is 3. The Bertz CT molecular complexity index is 1250. The molecule has 0 saturated heterocycles. The zero-order valence-corrected chi connectivity index (χ0v) is 16.3. The average molecular weight is 399 g/mol. The van der Waals surface area contributed by atoms with Crippen molar-refractivity contribution in [2.24, 2.45) is 0 Å². The summed E-state index contributed by atoms with van der Waals surface area (Å²) in [5.74, 6) is 0.744. The molecule has 142 valence electrons. The van der Waals surface area contributed by atoms with Crippen LogP contribution in [0.2, 0.25) is 0 Å². The summed E-state index contributed by atoms with van der Waals surface area (Å²) < 4.78 is 7.49. The standard InChI is InChI=1S/C23H17N3O2S/c27-22(15-29-23-25-24-21(28-23)14-16-8-2-1-3-9-16)26-19-12-6-4-10-17(19)18-11-5-7-13-20(18)26/h1-13H,14-15H2. The van der Waals surface area contributed by atoms with E-state index in [4.69, 9.17) is 4.42 Å². The molecule has 0 spiro atoms. The van der Waals surface area contributed by atoms with Crippen molar-refractivity contribution in [3.8, 4) is 0 Å². The largest absolute Gasteiger partial charge is 0.416 e. The third kappa shape index (κ3) is 3.43. The molecule has 0 N–H and O–H groups in total. The maximum absolute atomic E-state index is 13.1. The van der Waals surface area contributed by atoms with E-state index >= 15 is 0 Å². The predicted octanol–water partition coefficient (Wildman–Crippen LogP) is 5.20. The van der Waals surface area contributed by atoms with Crippen molar-refractivity contribution >= 4 is 39.5 Å². The maximum Gasteiger partial charge on any atom is 0.277 e. The minimum Gasteiger partial charge on any atom is -0.416 e. The molecule has 0 atom stereocenters. The summed E-state index contributed by atoms with van der Waals surface area (Å²) in [5.41, 5.74) is 2.93. The Hall–Kier alpha value is -3.38. The highest BCUT2D eigenvalue weighted by Gasteiger charge is 2.17. The van der Waals surface area contributed by atoms with E-state index in [-0.39, 0.29) is 11.7 Å². The lowest BCUT2D eigenvalue weighted by Crippen LogP contribution is -2.12. The number of aromatic nitrogens is 3. The molecule has 3 aromatic carbocycles. The van der Waals surface area contributed by atoms with E-state index in [1.165, 1.54) is 11.8 Å². The third-order valence-electron chi connectivity index (χ3n) is 4.80. The highest BCUT2D eigenvalue weighted by Crippen LogP contribution is 2.29. The van der Waals surface area contributed by atoms with Crippen LogP contribution in [0, 0.1) is 0 Å². The number of carbonyl (C=O) groups is 1. The smallest absolute Gasteiger partial charge is 0.277 e. The first-order chi connectivity index (χ1) is 14.3. The van der Waals surface area contributed by atoms with E-state index in [0.29, 0.717) is 17.5 Å². The van der Waals surface area contributed by atoms with Crippen molar-refractivity contribution in [3.05, 3.63) is 90.3 Å². The quantitative estimate of drug-likeness (QED) is 0.380. The molecule has 0 radical (unpaired) electrons. The molecule has 2 aromatic heterocycles. The van der Waals surface area contributed by atoms with Crippen LogP contribution in [0.4, 0.5) is 0 Å². The summed E-state index contributed by atoms with van der Waals surface area (Å²) in [4.78, 5) is 13.1. The van der Waals surface area contributed by atoms with Crippen LogP contribution in [0.3, 0.4) is 0 Å². The van der Waals surface area contributed by atoms with Crippen LogP contribution in [0.15, 0.2) is 88.5 Å². The van der Waals surface area contributed by atoms with Crippen LogP contribution < -0.4 is 0 Å². The molecule has 0 unspecified atom stereocenters. The second-order valence-corrected chi connectivity index (χ2v) is 7.60. The summed E-state index contributed by atoms with van der Waals surface area (Å²) >= 11 is 1.26. The molecule has 5 rings (SSSR count). The number of hydrogen-bond acceptors (Lipinski definition) is 5. The van der Waals surface area contributed by atoms with Gasteiger partial charge in [0.15, 0.2) is 0 Å². The van der Waals surface area contributed by atoms with Crippen molar-refractivity contribution in [3.63, 3.8) is 0 Å². The second kappa shape index (κ2) is 7.56. The Labute approximate surface area is 171 Å². The Kier molecular flexibility index (Phi) is 4.62. The van der Waals surface area contributed by atoms with Gasteiger partial charge in [-0.2, -0.15) is 0 Å². The van der Waals surface area contributed by atoms with Gasteiger partial charge >= 0.3 is 0 Å². The molecule has 2 heterocycles. The first-order valence-corrected chi connectivity index (χ1v) is 10.3. The predicted molar refractivity (Wildman–Crippen MR) is 114 cm³/mol. The lowest BCUT2D eigenvalue weighted by Gasteiger charge is -2.04. The molecule has 0 aliphatic heterocycles. The van der Waals surface area contributed by atoms with Crippen LogP contribution in [0.1, 0.15) is 16.2 Å². The van der Waals surface area contributed by atoms with Crippen LogP contribution in [-0.2, 0) is 6.42 Å². The SMILES string of the molecule is O=C(CSc1nnc(Cc2ccccc2)o1)n1c2ccccc2c2ccccc21.